The SMILES string of the molecule is CC/C=C\C/C=C\C/C=C\C/C=C\C/C=C\C/C=C\CCCCC(=O)OCC(COP(=O)(O)OCC(O)COP(=O)(O)OCC(O)COC(=O)CCCCCCCCCCCCCCCCC/C=C\C/C=C\C/C=C\C/C=C\CCCCC)OC(=O)CCC/C=C\C/C=C\C/C=C\C/C=C\C/C=C\CC. The minimum Gasteiger partial charge on any atom is -0.463 e. The molecule has 0 amide bonds. The summed E-state index contributed by atoms with van der Waals surface area (Å²) in [5.41, 5.74) is 0. The van der Waals surface area contributed by atoms with E-state index in [1.54, 1.807) is 0 Å². The van der Waals surface area contributed by atoms with Gasteiger partial charge in [0.05, 0.1) is 26.4 Å². The molecule has 0 aromatic rings. The number of hydrogen-bond donors (Lipinski definition) is 4. The molecule has 0 rings (SSSR count). The molecule has 0 spiro atoms. The fourth-order valence-corrected chi connectivity index (χ4v) is 11.6. The van der Waals surface area contributed by atoms with Crippen LogP contribution in [0.15, 0.2) is 182 Å². The Balaban J connectivity index is 4.61. The molecule has 0 aliphatic rings. The van der Waals surface area contributed by atoms with Crippen LogP contribution in [0.5, 0.6) is 0 Å². The molecular formula is C87H142O16P2. The highest BCUT2D eigenvalue weighted by atomic mass is 31.2. The first-order valence-corrected chi connectivity index (χ1v) is 43.1. The Morgan fingerprint density at radius 1 is 0.276 bits per heavy atom. The monoisotopic (exact) mass is 1500 g/mol. The average Bonchev–Trinajstić information content (AvgIpc) is 0.915. The van der Waals surface area contributed by atoms with E-state index in [0.717, 1.165) is 122 Å². The number of carbonyl (C=O) groups excluding carboxylic acids is 3. The topological polar surface area (TPSA) is 231 Å². The summed E-state index contributed by atoms with van der Waals surface area (Å²) in [4.78, 5) is 58.6. The zero-order valence-electron chi connectivity index (χ0n) is 65.1. The number of phosphoric acid groups is 2. The van der Waals surface area contributed by atoms with Crippen LogP contribution in [-0.2, 0) is 55.8 Å². The molecule has 0 saturated carbocycles. The van der Waals surface area contributed by atoms with E-state index in [0.29, 0.717) is 25.7 Å². The van der Waals surface area contributed by atoms with Crippen LogP contribution in [0.3, 0.4) is 0 Å². The molecule has 0 saturated heterocycles. The van der Waals surface area contributed by atoms with Crippen molar-refractivity contribution in [1.29, 1.82) is 0 Å². The van der Waals surface area contributed by atoms with Crippen LogP contribution in [0.2, 0.25) is 0 Å². The first kappa shape index (κ1) is 99.7. The smallest absolute Gasteiger partial charge is 0.463 e. The number of unbranched alkanes of at least 4 members (excludes halogenated alkanes) is 21. The lowest BCUT2D eigenvalue weighted by Gasteiger charge is -2.21. The van der Waals surface area contributed by atoms with Gasteiger partial charge in [-0.15, -0.1) is 0 Å². The molecule has 0 radical (unpaired) electrons. The summed E-state index contributed by atoms with van der Waals surface area (Å²) in [7, 11) is -9.84. The largest absolute Gasteiger partial charge is 0.472 e. The Morgan fingerprint density at radius 2 is 0.514 bits per heavy atom. The van der Waals surface area contributed by atoms with E-state index >= 15 is 0 Å². The van der Waals surface area contributed by atoms with Gasteiger partial charge in [-0.1, -0.05) is 299 Å². The van der Waals surface area contributed by atoms with Gasteiger partial charge in [0.1, 0.15) is 25.4 Å². The molecule has 105 heavy (non-hydrogen) atoms. The number of carbonyl (C=O) groups is 3. The van der Waals surface area contributed by atoms with E-state index in [1.807, 2.05) is 12.2 Å². The lowest BCUT2D eigenvalue weighted by Crippen LogP contribution is -2.30. The maximum Gasteiger partial charge on any atom is 0.472 e. The van der Waals surface area contributed by atoms with E-state index in [-0.39, 0.29) is 19.3 Å². The average molecular weight is 1510 g/mol. The van der Waals surface area contributed by atoms with Gasteiger partial charge in [0.2, 0.25) is 0 Å². The molecule has 0 bridgehead atoms. The van der Waals surface area contributed by atoms with Crippen molar-refractivity contribution in [3.05, 3.63) is 182 Å². The number of esters is 3. The summed E-state index contributed by atoms with van der Waals surface area (Å²) in [6.07, 6.45) is 101. The Hall–Kier alpha value is -5.35. The first-order valence-electron chi connectivity index (χ1n) is 40.1. The summed E-state index contributed by atoms with van der Waals surface area (Å²) in [6, 6.07) is 0. The number of hydrogen-bond acceptors (Lipinski definition) is 14. The molecule has 596 valence electrons. The first-order chi connectivity index (χ1) is 51.2. The van der Waals surface area contributed by atoms with Crippen molar-refractivity contribution < 1.29 is 75.8 Å². The second-order valence-corrected chi connectivity index (χ2v) is 29.0. The number of aliphatic hydroxyl groups is 2. The lowest BCUT2D eigenvalue weighted by atomic mass is 10.0. The van der Waals surface area contributed by atoms with Gasteiger partial charge >= 0.3 is 33.6 Å². The van der Waals surface area contributed by atoms with Crippen LogP contribution < -0.4 is 0 Å². The Labute approximate surface area is 636 Å². The van der Waals surface area contributed by atoms with Gasteiger partial charge in [0, 0.05) is 19.3 Å². The van der Waals surface area contributed by atoms with E-state index in [2.05, 4.69) is 191 Å². The second-order valence-electron chi connectivity index (χ2n) is 26.1. The highest BCUT2D eigenvalue weighted by Gasteiger charge is 2.29. The molecule has 5 unspecified atom stereocenters. The van der Waals surface area contributed by atoms with Gasteiger partial charge in [0.15, 0.2) is 6.10 Å². The van der Waals surface area contributed by atoms with E-state index in [1.165, 1.54) is 103 Å². The van der Waals surface area contributed by atoms with Crippen molar-refractivity contribution in [2.75, 3.05) is 39.6 Å². The normalized spacial score (nSPS) is 14.9. The van der Waals surface area contributed by atoms with Crippen molar-refractivity contribution in [3.63, 3.8) is 0 Å². The number of ether oxygens (including phenoxy) is 3. The summed E-state index contributed by atoms with van der Waals surface area (Å²) in [6.45, 7) is 2.29. The van der Waals surface area contributed by atoms with E-state index in [4.69, 9.17) is 32.3 Å². The summed E-state index contributed by atoms with van der Waals surface area (Å²) >= 11 is 0. The van der Waals surface area contributed by atoms with Crippen molar-refractivity contribution in [3.8, 4) is 0 Å². The van der Waals surface area contributed by atoms with Crippen molar-refractivity contribution in [2.45, 2.75) is 309 Å². The predicted molar refractivity (Wildman–Crippen MR) is 435 cm³/mol. The molecule has 0 heterocycles. The van der Waals surface area contributed by atoms with Crippen molar-refractivity contribution in [2.24, 2.45) is 0 Å². The molecule has 0 aromatic heterocycles. The zero-order chi connectivity index (χ0) is 76.6. The quantitative estimate of drug-likeness (QED) is 0.0146. The molecule has 0 aliphatic heterocycles. The summed E-state index contributed by atoms with van der Waals surface area (Å²) in [5, 5.41) is 20.6. The third-order valence-electron chi connectivity index (χ3n) is 16.1. The van der Waals surface area contributed by atoms with Crippen molar-refractivity contribution in [1.82, 2.24) is 0 Å². The molecule has 16 nitrogen and oxygen atoms in total. The Morgan fingerprint density at radius 3 is 0.848 bits per heavy atom. The molecular weight excluding hydrogens is 1360 g/mol. The van der Waals surface area contributed by atoms with Crippen LogP contribution in [0, 0.1) is 0 Å². The molecule has 0 aromatic carbocycles. The summed E-state index contributed by atoms with van der Waals surface area (Å²) in [5.74, 6) is -1.71. The van der Waals surface area contributed by atoms with E-state index in [9.17, 15) is 43.5 Å². The predicted octanol–water partition coefficient (Wildman–Crippen LogP) is 23.8. The zero-order valence-corrected chi connectivity index (χ0v) is 66.9. The standard InChI is InChI=1S/C87H142O16P2/c1-4-7-10-13-16-19-22-25-28-31-33-35-36-37-38-39-40-41-42-43-44-46-48-50-52-55-58-61-64-67-70-73-85(90)97-76-82(88)77-99-104(93,94)100-78-83(89)79-101-105(95,96)102-81-84(103-87(92)75-72-69-66-63-60-57-54-49-30-27-24-21-18-15-12-9-6-3)80-98-86(91)74-71-68-65-62-59-56-53-51-47-45-34-32-29-26-23-20-17-14-11-8-5-2/h8-9,11-12,16-21,25-30,33-35,37-38,45,51,53-54,57,59,62-63,66,82-84,88-89H,4-7,10,13-15,22-24,31-32,36,39-44,46-50,52,55-56,58,60-61,64-65,67-81H2,1-3H3,(H,93,94)(H,95,96)/b11-8-,12-9-,19-16-,20-17-,21-18-,28-25-,29-26-,30-27-,35-33-,38-37-,45-34-,53-51-,57-54-,62-59-,66-63-. The molecule has 4 N–H and O–H groups in total. The van der Waals surface area contributed by atoms with Crippen LogP contribution >= 0.6 is 15.6 Å². The van der Waals surface area contributed by atoms with Gasteiger partial charge in [-0.25, -0.2) is 9.13 Å². The lowest BCUT2D eigenvalue weighted by molar-refractivity contribution is -0.161. The number of phosphoric ester groups is 2. The van der Waals surface area contributed by atoms with Crippen molar-refractivity contribution >= 4 is 33.6 Å². The fraction of sp³-hybridized carbons (Fsp3) is 0.621. The van der Waals surface area contributed by atoms with Gasteiger partial charge in [-0.3, -0.25) is 32.5 Å². The number of allylic oxidation sites excluding steroid dienone is 30. The highest BCUT2D eigenvalue weighted by Crippen LogP contribution is 2.45. The Bertz CT molecular complexity index is 2640. The minimum absolute atomic E-state index is 0.00908. The second kappa shape index (κ2) is 78.2. The van der Waals surface area contributed by atoms with E-state index < -0.39 is 91.5 Å². The summed E-state index contributed by atoms with van der Waals surface area (Å²) < 4.78 is 61.0. The van der Waals surface area contributed by atoms with Gasteiger partial charge < -0.3 is 34.2 Å². The molecule has 0 fully saturated rings. The van der Waals surface area contributed by atoms with Gasteiger partial charge in [-0.05, 0) is 154 Å². The van der Waals surface area contributed by atoms with Crippen LogP contribution in [0.1, 0.15) is 290 Å². The maximum absolute atomic E-state index is 12.9. The molecule has 0 aliphatic carbocycles. The Kier molecular flexibility index (Phi) is 74.3. The fourth-order valence-electron chi connectivity index (χ4n) is 10.1. The maximum atomic E-state index is 12.9. The van der Waals surface area contributed by atoms with Gasteiger partial charge in [-0.2, -0.15) is 0 Å². The minimum atomic E-state index is -4.96. The number of aliphatic hydroxyl groups excluding tert-OH is 2. The van der Waals surface area contributed by atoms with Crippen LogP contribution in [0.25, 0.3) is 0 Å². The third-order valence-corrected chi connectivity index (χ3v) is 18.0. The van der Waals surface area contributed by atoms with Crippen LogP contribution in [0.4, 0.5) is 0 Å². The highest BCUT2D eigenvalue weighted by molar-refractivity contribution is 7.47. The number of rotatable bonds is 74. The van der Waals surface area contributed by atoms with Crippen LogP contribution in [-0.4, -0.2) is 95.9 Å². The molecule has 18 heteroatoms. The third kappa shape index (κ3) is 79.5. The molecule has 5 atom stereocenters. The van der Waals surface area contributed by atoms with Gasteiger partial charge in [0.25, 0.3) is 0 Å².